The van der Waals surface area contributed by atoms with Crippen LogP contribution in [0.5, 0.6) is 0 Å². The maximum absolute atomic E-state index is 13.3. The molecule has 0 aliphatic carbocycles. The molecule has 0 radical (unpaired) electrons. The predicted molar refractivity (Wildman–Crippen MR) is 59.2 cm³/mol. The summed E-state index contributed by atoms with van der Waals surface area (Å²) >= 11 is 4.52. The normalized spacial score (nSPS) is 11.0. The molecule has 0 bridgehead atoms. The maximum Gasteiger partial charge on any atom is 0.181 e. The van der Waals surface area contributed by atoms with Crippen LogP contribution in [0.4, 0.5) is 4.39 Å². The lowest BCUT2D eigenvalue weighted by molar-refractivity contribution is 0.649. The number of fused-ring (bicyclic) bond motifs is 1. The van der Waals surface area contributed by atoms with Gasteiger partial charge in [0.1, 0.15) is 0 Å². The molecule has 1 heterocycles. The van der Waals surface area contributed by atoms with E-state index in [9.17, 15) is 4.39 Å². The molecule has 13 heavy (non-hydrogen) atoms. The van der Waals surface area contributed by atoms with Crippen LogP contribution in [0.3, 0.4) is 0 Å². The molecule has 2 aromatic rings. The van der Waals surface area contributed by atoms with Gasteiger partial charge in [0, 0.05) is 15.6 Å². The third kappa shape index (κ3) is 1.51. The molecule has 1 aromatic carbocycles. The molecule has 0 aliphatic rings. The zero-order valence-corrected chi connectivity index (χ0v) is 9.51. The standard InChI is InChI=1S/C10H8BrFS/c1-6-2-3-9-7(4-6)8(5-11)10(12)13-9/h2-4H,5H2,1H3. The van der Waals surface area contributed by atoms with E-state index in [4.69, 9.17) is 0 Å². The lowest BCUT2D eigenvalue weighted by atomic mass is 10.1. The first-order valence-electron chi connectivity index (χ1n) is 3.96. The molecule has 2 rings (SSSR count). The number of hydrogen-bond acceptors (Lipinski definition) is 1. The molecule has 3 heteroatoms. The Morgan fingerprint density at radius 1 is 1.46 bits per heavy atom. The van der Waals surface area contributed by atoms with Crippen molar-refractivity contribution < 1.29 is 4.39 Å². The first-order chi connectivity index (χ1) is 6.22. The van der Waals surface area contributed by atoms with Crippen molar-refractivity contribution >= 4 is 37.4 Å². The van der Waals surface area contributed by atoms with Crippen LogP contribution in [0.2, 0.25) is 0 Å². The van der Waals surface area contributed by atoms with Gasteiger partial charge in [-0.2, -0.15) is 4.39 Å². The van der Waals surface area contributed by atoms with E-state index in [2.05, 4.69) is 15.9 Å². The Labute approximate surface area is 88.5 Å². The second-order valence-corrected chi connectivity index (χ2v) is 4.55. The Bertz CT molecular complexity index is 447. The molecule has 0 N–H and O–H groups in total. The van der Waals surface area contributed by atoms with Gasteiger partial charge in [0.15, 0.2) is 5.13 Å². The summed E-state index contributed by atoms with van der Waals surface area (Å²) in [5.74, 6) is 0. The maximum atomic E-state index is 13.3. The molecule has 0 unspecified atom stereocenters. The Hall–Kier alpha value is -0.410. The molecule has 0 atom stereocenters. The van der Waals surface area contributed by atoms with Crippen LogP contribution in [0.1, 0.15) is 11.1 Å². The van der Waals surface area contributed by atoms with Gasteiger partial charge in [-0.05, 0) is 18.4 Å². The van der Waals surface area contributed by atoms with Crippen LogP contribution >= 0.6 is 27.3 Å². The van der Waals surface area contributed by atoms with Crippen LogP contribution in [0, 0.1) is 12.1 Å². The van der Waals surface area contributed by atoms with Gasteiger partial charge in [0.2, 0.25) is 0 Å². The molecule has 0 fully saturated rings. The molecule has 1 aromatic heterocycles. The lowest BCUT2D eigenvalue weighted by Gasteiger charge is -1.94. The van der Waals surface area contributed by atoms with Crippen molar-refractivity contribution in [3.8, 4) is 0 Å². The monoisotopic (exact) mass is 258 g/mol. The third-order valence-corrected chi connectivity index (χ3v) is 3.59. The highest BCUT2D eigenvalue weighted by Gasteiger charge is 2.10. The first kappa shape index (κ1) is 9.16. The van der Waals surface area contributed by atoms with Gasteiger partial charge in [0.25, 0.3) is 0 Å². The molecule has 0 amide bonds. The van der Waals surface area contributed by atoms with E-state index in [0.717, 1.165) is 15.6 Å². The van der Waals surface area contributed by atoms with Crippen molar-refractivity contribution in [1.29, 1.82) is 0 Å². The summed E-state index contributed by atoms with van der Waals surface area (Å²) in [6.45, 7) is 2.02. The predicted octanol–water partition coefficient (Wildman–Crippen LogP) is 4.24. The van der Waals surface area contributed by atoms with E-state index in [0.29, 0.717) is 5.33 Å². The SMILES string of the molecule is Cc1ccc2sc(F)c(CBr)c2c1. The largest absolute Gasteiger partial charge is 0.195 e. The topological polar surface area (TPSA) is 0 Å². The number of thiophene rings is 1. The summed E-state index contributed by atoms with van der Waals surface area (Å²) in [5.41, 5.74) is 1.95. The Morgan fingerprint density at radius 2 is 2.23 bits per heavy atom. The fourth-order valence-corrected chi connectivity index (χ4v) is 3.02. The summed E-state index contributed by atoms with van der Waals surface area (Å²) in [6.07, 6.45) is 0. The first-order valence-corrected chi connectivity index (χ1v) is 5.89. The van der Waals surface area contributed by atoms with Crippen LogP contribution < -0.4 is 0 Å². The van der Waals surface area contributed by atoms with Crippen LogP contribution in [0.15, 0.2) is 18.2 Å². The second kappa shape index (κ2) is 3.39. The highest BCUT2D eigenvalue weighted by atomic mass is 79.9. The summed E-state index contributed by atoms with van der Waals surface area (Å²) in [5, 5.41) is 1.55. The van der Waals surface area contributed by atoms with Gasteiger partial charge in [0.05, 0.1) is 0 Å². The number of hydrogen-bond donors (Lipinski definition) is 0. The van der Waals surface area contributed by atoms with Crippen molar-refractivity contribution in [1.82, 2.24) is 0 Å². The minimum atomic E-state index is -0.0718. The molecule has 68 valence electrons. The number of aryl methyl sites for hydroxylation is 1. The van der Waals surface area contributed by atoms with Crippen molar-refractivity contribution in [2.45, 2.75) is 12.3 Å². The molecular weight excluding hydrogens is 251 g/mol. The van der Waals surface area contributed by atoms with E-state index in [-0.39, 0.29) is 5.13 Å². The minimum Gasteiger partial charge on any atom is -0.195 e. The Kier molecular flexibility index (Phi) is 2.39. The smallest absolute Gasteiger partial charge is 0.181 e. The number of alkyl halides is 1. The molecular formula is C10H8BrFS. The van der Waals surface area contributed by atoms with Crippen LogP contribution in [-0.2, 0) is 5.33 Å². The molecule has 0 spiro atoms. The average molecular weight is 259 g/mol. The van der Waals surface area contributed by atoms with E-state index in [1.54, 1.807) is 0 Å². The van der Waals surface area contributed by atoms with Crippen LogP contribution in [0.25, 0.3) is 10.1 Å². The molecule has 0 saturated carbocycles. The van der Waals surface area contributed by atoms with Crippen molar-refractivity contribution in [3.63, 3.8) is 0 Å². The fourth-order valence-electron chi connectivity index (χ4n) is 1.36. The van der Waals surface area contributed by atoms with Gasteiger partial charge >= 0.3 is 0 Å². The molecule has 0 nitrogen and oxygen atoms in total. The zero-order valence-electron chi connectivity index (χ0n) is 7.10. The van der Waals surface area contributed by atoms with Gasteiger partial charge in [-0.1, -0.05) is 33.6 Å². The highest BCUT2D eigenvalue weighted by Crippen LogP contribution is 2.31. The van der Waals surface area contributed by atoms with Crippen LogP contribution in [-0.4, -0.2) is 0 Å². The van der Waals surface area contributed by atoms with E-state index >= 15 is 0 Å². The minimum absolute atomic E-state index is 0.0718. The summed E-state index contributed by atoms with van der Waals surface area (Å²) in [7, 11) is 0. The summed E-state index contributed by atoms with van der Waals surface area (Å²) in [6, 6.07) is 6.02. The van der Waals surface area contributed by atoms with Crippen molar-refractivity contribution in [3.05, 3.63) is 34.5 Å². The fraction of sp³-hybridized carbons (Fsp3) is 0.200. The second-order valence-electron chi connectivity index (χ2n) is 2.99. The van der Waals surface area contributed by atoms with Crippen molar-refractivity contribution in [2.75, 3.05) is 0 Å². The van der Waals surface area contributed by atoms with E-state index in [1.807, 2.05) is 25.1 Å². The van der Waals surface area contributed by atoms with Gasteiger partial charge in [-0.3, -0.25) is 0 Å². The zero-order chi connectivity index (χ0) is 9.42. The van der Waals surface area contributed by atoms with Crippen molar-refractivity contribution in [2.24, 2.45) is 0 Å². The van der Waals surface area contributed by atoms with E-state index in [1.165, 1.54) is 16.9 Å². The Morgan fingerprint density at radius 3 is 2.92 bits per heavy atom. The van der Waals surface area contributed by atoms with E-state index < -0.39 is 0 Å². The quantitative estimate of drug-likeness (QED) is 0.672. The molecule has 0 saturated heterocycles. The number of halogens is 2. The lowest BCUT2D eigenvalue weighted by Crippen LogP contribution is -1.78. The third-order valence-electron chi connectivity index (χ3n) is 2.03. The summed E-state index contributed by atoms with van der Waals surface area (Å²) in [4.78, 5) is 0. The van der Waals surface area contributed by atoms with Gasteiger partial charge in [-0.25, -0.2) is 0 Å². The number of rotatable bonds is 1. The molecule has 0 aliphatic heterocycles. The van der Waals surface area contributed by atoms with Gasteiger partial charge < -0.3 is 0 Å². The summed E-state index contributed by atoms with van der Waals surface area (Å²) < 4.78 is 14.4. The average Bonchev–Trinajstić information content (AvgIpc) is 2.40. The highest BCUT2D eigenvalue weighted by molar-refractivity contribution is 9.08. The van der Waals surface area contributed by atoms with Gasteiger partial charge in [-0.15, -0.1) is 11.3 Å². The number of benzene rings is 1. The Balaban J connectivity index is 2.80.